The van der Waals surface area contributed by atoms with E-state index >= 15 is 0 Å². The minimum Gasteiger partial charge on any atom is -0.423 e. The molecule has 1 aliphatic rings. The summed E-state index contributed by atoms with van der Waals surface area (Å²) in [7, 11) is 3.03. The first-order valence-corrected chi connectivity index (χ1v) is 13.9. The van der Waals surface area contributed by atoms with Crippen molar-refractivity contribution in [3.05, 3.63) is 72.3 Å². The fourth-order valence-corrected chi connectivity index (χ4v) is 5.12. The number of hydrogen-bond acceptors (Lipinski definition) is 6. The third-order valence-corrected chi connectivity index (χ3v) is 7.33. The van der Waals surface area contributed by atoms with E-state index in [-0.39, 0.29) is 24.4 Å². The number of benzene rings is 2. The van der Waals surface area contributed by atoms with E-state index in [1.807, 2.05) is 24.3 Å². The van der Waals surface area contributed by atoms with Crippen LogP contribution >= 0.6 is 0 Å². The average Bonchev–Trinajstić information content (AvgIpc) is 2.94. The fraction of sp³-hybridized carbons (Fsp3) is 0.455. The van der Waals surface area contributed by atoms with E-state index in [0.29, 0.717) is 17.4 Å². The molecule has 0 unspecified atom stereocenters. The van der Waals surface area contributed by atoms with Gasteiger partial charge in [-0.05, 0) is 78.5 Å². The summed E-state index contributed by atoms with van der Waals surface area (Å²) in [5, 5.41) is 0. The van der Waals surface area contributed by atoms with Crippen molar-refractivity contribution in [1.29, 1.82) is 0 Å². The molecule has 210 valence electrons. The second-order valence-corrected chi connectivity index (χ2v) is 10.3. The predicted octanol–water partition coefficient (Wildman–Crippen LogP) is 7.42. The molecule has 0 radical (unpaired) electrons. The van der Waals surface area contributed by atoms with Crippen LogP contribution in [-0.4, -0.2) is 39.4 Å². The van der Waals surface area contributed by atoms with Gasteiger partial charge in [-0.2, -0.15) is 0 Å². The summed E-state index contributed by atoms with van der Waals surface area (Å²) in [6.07, 6.45) is 9.68. The number of carbonyl (C=O) groups excluding carboxylic acids is 2. The number of unbranched alkanes of at least 4 members (excludes halogenated alkanes) is 2. The Morgan fingerprint density at radius 3 is 1.97 bits per heavy atom. The van der Waals surface area contributed by atoms with Crippen LogP contribution in [0.1, 0.15) is 69.8 Å². The van der Waals surface area contributed by atoms with E-state index in [0.717, 1.165) is 35.4 Å². The van der Waals surface area contributed by atoms with E-state index in [9.17, 15) is 9.59 Å². The lowest BCUT2D eigenvalue weighted by molar-refractivity contribution is -0.131. The Labute approximate surface area is 233 Å². The number of carbonyl (C=O) groups is 2. The van der Waals surface area contributed by atoms with Gasteiger partial charge in [0, 0.05) is 14.2 Å². The lowest BCUT2D eigenvalue weighted by Gasteiger charge is -2.30. The third kappa shape index (κ3) is 8.91. The van der Waals surface area contributed by atoms with E-state index < -0.39 is 11.9 Å². The van der Waals surface area contributed by atoms with Crippen LogP contribution in [0.3, 0.4) is 0 Å². The molecule has 0 aromatic heterocycles. The molecule has 2 aromatic rings. The topological polar surface area (TPSA) is 71.1 Å². The third-order valence-electron chi connectivity index (χ3n) is 7.33. The molecule has 0 amide bonds. The van der Waals surface area contributed by atoms with Crippen molar-refractivity contribution in [3.8, 4) is 22.6 Å². The van der Waals surface area contributed by atoms with Crippen molar-refractivity contribution in [2.24, 2.45) is 5.92 Å². The number of esters is 2. The summed E-state index contributed by atoms with van der Waals surface area (Å²) in [4.78, 5) is 24.8. The van der Waals surface area contributed by atoms with Crippen molar-refractivity contribution < 1.29 is 28.5 Å². The molecule has 0 atom stereocenters. The summed E-state index contributed by atoms with van der Waals surface area (Å²) < 4.78 is 21.2. The fourth-order valence-electron chi connectivity index (χ4n) is 5.12. The summed E-state index contributed by atoms with van der Waals surface area (Å²) in [6, 6.07) is 13.3. The van der Waals surface area contributed by atoms with Crippen LogP contribution in [0.2, 0.25) is 0 Å². The first-order valence-electron chi connectivity index (χ1n) is 13.9. The van der Waals surface area contributed by atoms with Crippen molar-refractivity contribution in [2.75, 3.05) is 27.4 Å². The van der Waals surface area contributed by atoms with E-state index in [2.05, 4.69) is 26.1 Å². The van der Waals surface area contributed by atoms with E-state index in [4.69, 9.17) is 18.9 Å². The molecule has 0 spiro atoms. The number of ether oxygens (including phenoxy) is 4. The van der Waals surface area contributed by atoms with Gasteiger partial charge >= 0.3 is 11.9 Å². The molecule has 6 heteroatoms. The van der Waals surface area contributed by atoms with Crippen LogP contribution in [0.5, 0.6) is 11.5 Å². The highest BCUT2D eigenvalue weighted by molar-refractivity contribution is 5.90. The molecule has 6 nitrogen and oxygen atoms in total. The minimum atomic E-state index is -0.515. The quantitative estimate of drug-likeness (QED) is 0.109. The maximum absolute atomic E-state index is 12.6. The predicted molar refractivity (Wildman–Crippen MR) is 154 cm³/mol. The maximum atomic E-state index is 12.6. The van der Waals surface area contributed by atoms with Crippen molar-refractivity contribution in [2.45, 2.75) is 64.2 Å². The minimum absolute atomic E-state index is 0.121. The van der Waals surface area contributed by atoms with Crippen LogP contribution in [-0.2, 0) is 19.1 Å². The molecular formula is C33H42O6. The number of hydrogen-bond donors (Lipinski definition) is 0. The van der Waals surface area contributed by atoms with Gasteiger partial charge in [-0.3, -0.25) is 0 Å². The van der Waals surface area contributed by atoms with Crippen molar-refractivity contribution in [3.63, 3.8) is 0 Å². The van der Waals surface area contributed by atoms with Gasteiger partial charge in [-0.1, -0.05) is 64.0 Å². The highest BCUT2D eigenvalue weighted by Gasteiger charge is 2.26. The standard InChI is InChI=1S/C33H42O6/c1-6-7-8-9-25-10-12-27(13-11-25)30-20-28(16-19-31(30)39-33(35)24(3)22-37-5)26-14-17-29(18-15-26)38-32(34)23(2)21-36-4/h14-20,25,27H,2-3,6-13,21-22H2,1,4-5H3. The highest BCUT2D eigenvalue weighted by atomic mass is 16.5. The molecule has 0 aliphatic heterocycles. The van der Waals surface area contributed by atoms with Gasteiger partial charge in [0.25, 0.3) is 0 Å². The Hall–Kier alpha value is -3.22. The molecule has 1 saturated carbocycles. The molecular weight excluding hydrogens is 492 g/mol. The second kappa shape index (κ2) is 15.4. The van der Waals surface area contributed by atoms with Gasteiger partial charge in [-0.25, -0.2) is 9.59 Å². The van der Waals surface area contributed by atoms with Gasteiger partial charge in [0.05, 0.1) is 24.4 Å². The first kappa shape index (κ1) is 30.3. The zero-order valence-electron chi connectivity index (χ0n) is 23.6. The summed E-state index contributed by atoms with van der Waals surface area (Å²) >= 11 is 0. The van der Waals surface area contributed by atoms with E-state index in [1.165, 1.54) is 52.7 Å². The smallest absolute Gasteiger partial charge is 0.341 e. The molecule has 1 aliphatic carbocycles. The average molecular weight is 535 g/mol. The second-order valence-electron chi connectivity index (χ2n) is 10.3. The van der Waals surface area contributed by atoms with Crippen LogP contribution in [0.25, 0.3) is 11.1 Å². The monoisotopic (exact) mass is 534 g/mol. The van der Waals surface area contributed by atoms with Crippen molar-refractivity contribution >= 4 is 11.9 Å². The van der Waals surface area contributed by atoms with Crippen LogP contribution in [0.4, 0.5) is 0 Å². The Morgan fingerprint density at radius 1 is 0.795 bits per heavy atom. The van der Waals surface area contributed by atoms with E-state index in [1.54, 1.807) is 12.1 Å². The maximum Gasteiger partial charge on any atom is 0.341 e. The Balaban J connectivity index is 1.80. The molecule has 3 rings (SSSR count). The van der Waals surface area contributed by atoms with Gasteiger partial charge in [0.1, 0.15) is 11.5 Å². The normalized spacial score (nSPS) is 16.9. The summed E-state index contributed by atoms with van der Waals surface area (Å²) in [5.41, 5.74) is 3.56. The lowest BCUT2D eigenvalue weighted by Crippen LogP contribution is -2.17. The zero-order valence-corrected chi connectivity index (χ0v) is 23.6. The molecule has 0 saturated heterocycles. The van der Waals surface area contributed by atoms with Crippen molar-refractivity contribution in [1.82, 2.24) is 0 Å². The molecule has 2 aromatic carbocycles. The SMILES string of the molecule is C=C(COC)C(=O)Oc1ccc(-c2ccc(OC(=O)C(=C)COC)c(C3CCC(CCCCC)CC3)c2)cc1. The largest absolute Gasteiger partial charge is 0.423 e. The molecule has 0 N–H and O–H groups in total. The molecule has 1 fully saturated rings. The number of methoxy groups -OCH3 is 2. The first-order chi connectivity index (χ1) is 18.9. The highest BCUT2D eigenvalue weighted by Crippen LogP contribution is 2.42. The Kier molecular flexibility index (Phi) is 12.0. The van der Waals surface area contributed by atoms with Gasteiger partial charge < -0.3 is 18.9 Å². The van der Waals surface area contributed by atoms with Crippen LogP contribution in [0.15, 0.2) is 66.8 Å². The lowest BCUT2D eigenvalue weighted by atomic mass is 9.76. The molecule has 0 heterocycles. The van der Waals surface area contributed by atoms with Gasteiger partial charge in [0.2, 0.25) is 0 Å². The number of rotatable bonds is 14. The zero-order chi connectivity index (χ0) is 28.2. The Morgan fingerprint density at radius 2 is 1.38 bits per heavy atom. The Bertz CT molecular complexity index is 1130. The van der Waals surface area contributed by atoms with Gasteiger partial charge in [0.15, 0.2) is 0 Å². The van der Waals surface area contributed by atoms with Crippen LogP contribution < -0.4 is 9.47 Å². The molecule has 39 heavy (non-hydrogen) atoms. The summed E-state index contributed by atoms with van der Waals surface area (Å²) in [6.45, 7) is 9.98. The summed E-state index contributed by atoms with van der Waals surface area (Å²) in [5.74, 6) is 1.12. The van der Waals surface area contributed by atoms with Gasteiger partial charge in [-0.15, -0.1) is 0 Å². The van der Waals surface area contributed by atoms with Crippen LogP contribution in [0, 0.1) is 5.92 Å². The molecule has 0 bridgehead atoms.